The monoisotopic (exact) mass is 524 g/mol. The molecule has 0 saturated carbocycles. The van der Waals surface area contributed by atoms with Crippen molar-refractivity contribution in [2.75, 3.05) is 38.0 Å². The lowest BCUT2D eigenvalue weighted by Crippen LogP contribution is -2.59. The second-order valence-electron chi connectivity index (χ2n) is 8.97. The number of piperazine rings is 1. The Morgan fingerprint density at radius 2 is 1.71 bits per heavy atom. The molecule has 2 N–H and O–H groups in total. The van der Waals surface area contributed by atoms with Gasteiger partial charge in [0.25, 0.3) is 0 Å². The fourth-order valence-corrected chi connectivity index (χ4v) is 5.58. The van der Waals surface area contributed by atoms with Crippen LogP contribution in [0.2, 0.25) is 10.0 Å². The van der Waals surface area contributed by atoms with Gasteiger partial charge in [-0.15, -0.1) is 4.91 Å². The zero-order valence-corrected chi connectivity index (χ0v) is 21.9. The van der Waals surface area contributed by atoms with Crippen LogP contribution in [0.25, 0.3) is 0 Å². The van der Waals surface area contributed by atoms with E-state index in [9.17, 15) is 14.8 Å². The second kappa shape index (κ2) is 11.3. The van der Waals surface area contributed by atoms with Gasteiger partial charge in [-0.05, 0) is 38.5 Å². The highest BCUT2D eigenvalue weighted by molar-refractivity contribution is 7.99. The normalized spacial score (nSPS) is 17.2. The molecular formula is C24H30Cl2N4O3S. The fraction of sp³-hybridized carbons (Fsp3) is 0.458. The van der Waals surface area contributed by atoms with E-state index in [-0.39, 0.29) is 4.75 Å². The number of carboxylic acids is 1. The molecule has 1 atom stereocenters. The number of carboxylic acid groups (broad SMARTS) is 1. The number of halogens is 2. The van der Waals surface area contributed by atoms with Gasteiger partial charge in [-0.25, -0.2) is 4.79 Å². The molecule has 0 radical (unpaired) electrons. The Bertz CT molecular complexity index is 1010. The number of nitrogens with zero attached hydrogens (tertiary/aromatic N) is 3. The molecular weight excluding hydrogens is 495 g/mol. The molecule has 184 valence electrons. The summed E-state index contributed by atoms with van der Waals surface area (Å²) in [5, 5.41) is 14.8. The molecule has 1 fully saturated rings. The van der Waals surface area contributed by atoms with Gasteiger partial charge in [0, 0.05) is 65.3 Å². The number of carbonyl (C=O) groups is 1. The van der Waals surface area contributed by atoms with Crippen LogP contribution in [-0.2, 0) is 10.3 Å². The Labute approximate surface area is 214 Å². The first-order valence-electron chi connectivity index (χ1n) is 11.2. The molecule has 0 aliphatic carbocycles. The van der Waals surface area contributed by atoms with Crippen LogP contribution in [0.1, 0.15) is 32.8 Å². The lowest BCUT2D eigenvalue weighted by molar-refractivity contribution is -0.154. The number of hydrogen-bond donors (Lipinski definition) is 2. The number of benzene rings is 2. The van der Waals surface area contributed by atoms with Crippen LogP contribution >= 0.6 is 35.1 Å². The number of aliphatic carboxylic acids is 1. The van der Waals surface area contributed by atoms with Crippen molar-refractivity contribution in [2.24, 2.45) is 4.58 Å². The predicted molar refractivity (Wildman–Crippen MR) is 141 cm³/mol. The highest BCUT2D eigenvalue weighted by Gasteiger charge is 2.47. The summed E-state index contributed by atoms with van der Waals surface area (Å²) >= 11 is 13.8. The van der Waals surface area contributed by atoms with Crippen molar-refractivity contribution < 1.29 is 9.90 Å². The maximum Gasteiger partial charge on any atom is 0.328 e. The van der Waals surface area contributed by atoms with Crippen LogP contribution in [0, 0.1) is 4.91 Å². The Balaban J connectivity index is 1.91. The van der Waals surface area contributed by atoms with E-state index in [4.69, 9.17) is 23.2 Å². The molecule has 1 saturated heterocycles. The van der Waals surface area contributed by atoms with Gasteiger partial charge < -0.3 is 10.4 Å². The van der Waals surface area contributed by atoms with Crippen LogP contribution < -0.4 is 5.32 Å². The van der Waals surface area contributed by atoms with Crippen molar-refractivity contribution in [1.29, 1.82) is 0 Å². The number of hydrogen-bond acceptors (Lipinski definition) is 7. The van der Waals surface area contributed by atoms with Gasteiger partial charge >= 0.3 is 5.97 Å². The van der Waals surface area contributed by atoms with E-state index in [0.717, 1.165) is 11.9 Å². The van der Waals surface area contributed by atoms with Crippen molar-refractivity contribution in [3.8, 4) is 0 Å². The fourth-order valence-electron chi connectivity index (χ4n) is 4.65. The first-order chi connectivity index (χ1) is 16.1. The van der Waals surface area contributed by atoms with Crippen LogP contribution in [0.3, 0.4) is 0 Å². The lowest BCUT2D eigenvalue weighted by Gasteiger charge is -2.46. The highest BCUT2D eigenvalue weighted by Crippen LogP contribution is 2.41. The van der Waals surface area contributed by atoms with Crippen LogP contribution in [0.5, 0.6) is 0 Å². The Hall–Kier alpha value is -1.84. The summed E-state index contributed by atoms with van der Waals surface area (Å²) in [4.78, 5) is 27.9. The van der Waals surface area contributed by atoms with Crippen LogP contribution in [-0.4, -0.2) is 58.3 Å². The number of nitrogens with one attached hydrogen (secondary N) is 1. The average Bonchev–Trinajstić information content (AvgIpc) is 2.78. The van der Waals surface area contributed by atoms with E-state index >= 15 is 0 Å². The average molecular weight is 526 g/mol. The van der Waals surface area contributed by atoms with E-state index in [0.29, 0.717) is 66.1 Å². The molecule has 1 unspecified atom stereocenters. The summed E-state index contributed by atoms with van der Waals surface area (Å²) in [5.41, 5.74) is 0.633. The minimum atomic E-state index is -1.22. The molecule has 0 aromatic heterocycles. The smallest absolute Gasteiger partial charge is 0.328 e. The molecule has 10 heteroatoms. The first kappa shape index (κ1) is 26.8. The minimum Gasteiger partial charge on any atom is -0.480 e. The summed E-state index contributed by atoms with van der Waals surface area (Å²) in [6.45, 7) is 9.13. The topological polar surface area (TPSA) is 85.2 Å². The Kier molecular flexibility index (Phi) is 8.87. The molecule has 7 nitrogen and oxygen atoms in total. The highest BCUT2D eigenvalue weighted by atomic mass is 35.5. The zero-order chi connectivity index (χ0) is 24.9. The molecule has 0 bridgehead atoms. The number of para-hydroxylation sites is 2. The van der Waals surface area contributed by atoms with Gasteiger partial charge in [-0.3, -0.25) is 9.80 Å². The summed E-state index contributed by atoms with van der Waals surface area (Å²) in [6, 6.07) is 12.7. The molecule has 0 spiro atoms. The van der Waals surface area contributed by atoms with Crippen LogP contribution in [0.15, 0.2) is 47.0 Å². The third-order valence-corrected chi connectivity index (χ3v) is 7.59. The van der Waals surface area contributed by atoms with Crippen molar-refractivity contribution in [1.82, 2.24) is 9.80 Å². The SMILES string of the molecule is CCC(C(=O)O)(c1ccccc1Nc1c(Cl)cccc1Cl)N1CCN(CC(C)(C)SN=O)CC1. The van der Waals surface area contributed by atoms with Gasteiger partial charge in [-0.2, -0.15) is 0 Å². The standard InChI is InChI=1S/C24H30Cl2N4O3S/c1-4-24(22(31)32,30-14-12-29(13-15-30)16-23(2,3)34-28-33)17-8-5-6-11-20(17)27-21-18(25)9-7-10-19(21)26/h5-11,27H,4,12-16H2,1-3H3,(H,31,32). The summed E-state index contributed by atoms with van der Waals surface area (Å²) in [5.74, 6) is -0.899. The molecule has 0 amide bonds. The van der Waals surface area contributed by atoms with Crippen molar-refractivity contribution in [2.45, 2.75) is 37.5 Å². The Morgan fingerprint density at radius 1 is 1.09 bits per heavy atom. The van der Waals surface area contributed by atoms with E-state index in [1.165, 1.54) is 0 Å². The second-order valence-corrected chi connectivity index (χ2v) is 11.2. The molecule has 1 aliphatic heterocycles. The lowest BCUT2D eigenvalue weighted by atomic mass is 9.83. The van der Waals surface area contributed by atoms with Crippen molar-refractivity contribution >= 4 is 52.5 Å². The largest absolute Gasteiger partial charge is 0.480 e. The van der Waals surface area contributed by atoms with E-state index < -0.39 is 11.5 Å². The third-order valence-electron chi connectivity index (χ3n) is 6.26. The maximum absolute atomic E-state index is 12.9. The van der Waals surface area contributed by atoms with Crippen molar-refractivity contribution in [3.05, 3.63) is 63.0 Å². The van der Waals surface area contributed by atoms with Gasteiger partial charge in [0.15, 0.2) is 0 Å². The summed E-state index contributed by atoms with van der Waals surface area (Å²) in [7, 11) is 0. The number of anilines is 2. The summed E-state index contributed by atoms with van der Waals surface area (Å²) in [6.07, 6.45) is 0.383. The van der Waals surface area contributed by atoms with Gasteiger partial charge in [0.2, 0.25) is 0 Å². The molecule has 2 aromatic carbocycles. The van der Waals surface area contributed by atoms with Gasteiger partial charge in [-0.1, -0.05) is 54.4 Å². The zero-order valence-electron chi connectivity index (χ0n) is 19.6. The van der Waals surface area contributed by atoms with Gasteiger partial charge in [0.05, 0.1) is 15.7 Å². The van der Waals surface area contributed by atoms with Crippen molar-refractivity contribution in [3.63, 3.8) is 0 Å². The minimum absolute atomic E-state index is 0.302. The third kappa shape index (κ3) is 5.69. The predicted octanol–water partition coefficient (Wildman–Crippen LogP) is 6.24. The molecule has 1 aliphatic rings. The van der Waals surface area contributed by atoms with Crippen LogP contribution in [0.4, 0.5) is 11.4 Å². The van der Waals surface area contributed by atoms with Gasteiger partial charge in [0.1, 0.15) is 5.54 Å². The maximum atomic E-state index is 12.9. The molecule has 34 heavy (non-hydrogen) atoms. The Morgan fingerprint density at radius 3 is 2.26 bits per heavy atom. The van der Waals surface area contributed by atoms with E-state index in [1.807, 2.05) is 49.9 Å². The molecule has 1 heterocycles. The number of nitroso groups, excluding NO2 is 1. The van der Waals surface area contributed by atoms with E-state index in [2.05, 4.69) is 14.8 Å². The van der Waals surface area contributed by atoms with E-state index in [1.54, 1.807) is 18.2 Å². The summed E-state index contributed by atoms with van der Waals surface area (Å²) < 4.78 is 2.68. The quantitative estimate of drug-likeness (QED) is 0.281. The molecule has 2 aromatic rings. The first-order valence-corrected chi connectivity index (χ1v) is 12.7. The number of rotatable bonds is 10. The molecule has 3 rings (SSSR count).